The Morgan fingerprint density at radius 3 is 2.57 bits per heavy atom. The Morgan fingerprint density at radius 2 is 1.91 bits per heavy atom. The Morgan fingerprint density at radius 1 is 1.13 bits per heavy atom. The van der Waals surface area contributed by atoms with Gasteiger partial charge in [-0.25, -0.2) is 4.98 Å². The summed E-state index contributed by atoms with van der Waals surface area (Å²) in [7, 11) is 1.49. The van der Waals surface area contributed by atoms with Crippen LogP contribution in [0.25, 0.3) is 0 Å². The van der Waals surface area contributed by atoms with E-state index in [9.17, 15) is 9.90 Å². The van der Waals surface area contributed by atoms with E-state index in [1.54, 1.807) is 23.2 Å². The number of amides is 1. The van der Waals surface area contributed by atoms with Crippen molar-refractivity contribution < 1.29 is 14.6 Å². The number of pyridine rings is 1. The fourth-order valence-corrected chi connectivity index (χ4v) is 2.74. The van der Waals surface area contributed by atoms with Crippen LogP contribution in [0.4, 0.5) is 5.82 Å². The lowest BCUT2D eigenvalue weighted by atomic mass is 10.1. The van der Waals surface area contributed by atoms with Gasteiger partial charge in [0, 0.05) is 32.4 Å². The number of phenols is 1. The zero-order valence-electron chi connectivity index (χ0n) is 13.0. The number of nitrogens with zero attached hydrogens (tertiary/aromatic N) is 3. The molecule has 1 saturated heterocycles. The highest BCUT2D eigenvalue weighted by Crippen LogP contribution is 2.29. The van der Waals surface area contributed by atoms with Crippen molar-refractivity contribution in [2.45, 2.75) is 0 Å². The van der Waals surface area contributed by atoms with Gasteiger partial charge in [-0.05, 0) is 24.3 Å². The minimum absolute atomic E-state index is 0.0542. The lowest BCUT2D eigenvalue weighted by Crippen LogP contribution is -2.49. The van der Waals surface area contributed by atoms with Gasteiger partial charge in [0.15, 0.2) is 0 Å². The van der Waals surface area contributed by atoms with Crippen LogP contribution in [0.1, 0.15) is 10.4 Å². The summed E-state index contributed by atoms with van der Waals surface area (Å²) in [4.78, 5) is 20.9. The number of aromatic hydroxyl groups is 1. The average molecular weight is 313 g/mol. The molecule has 0 saturated carbocycles. The number of phenolic OH excluding ortho intramolecular Hbond substituents is 1. The highest BCUT2D eigenvalue weighted by atomic mass is 16.5. The molecule has 2 heterocycles. The summed E-state index contributed by atoms with van der Waals surface area (Å²) < 4.78 is 5.20. The third-order valence-corrected chi connectivity index (χ3v) is 3.98. The summed E-state index contributed by atoms with van der Waals surface area (Å²) in [6.07, 6.45) is 1.76. The van der Waals surface area contributed by atoms with E-state index in [4.69, 9.17) is 4.74 Å². The van der Waals surface area contributed by atoms with Crippen LogP contribution in [0.15, 0.2) is 42.6 Å². The summed E-state index contributed by atoms with van der Waals surface area (Å²) in [6, 6.07) is 10.6. The summed E-state index contributed by atoms with van der Waals surface area (Å²) in [5.74, 6) is 1.05. The maximum atomic E-state index is 12.7. The van der Waals surface area contributed by atoms with Gasteiger partial charge in [0.05, 0.1) is 7.11 Å². The Kier molecular flexibility index (Phi) is 4.32. The number of methoxy groups -OCH3 is 1. The third-order valence-electron chi connectivity index (χ3n) is 3.98. The number of piperazine rings is 1. The monoisotopic (exact) mass is 313 g/mol. The number of hydrogen-bond acceptors (Lipinski definition) is 5. The van der Waals surface area contributed by atoms with E-state index in [0.29, 0.717) is 31.9 Å². The molecule has 1 amide bonds. The number of benzene rings is 1. The maximum absolute atomic E-state index is 12.7. The molecule has 1 aromatic heterocycles. The first kappa shape index (κ1) is 15.1. The predicted octanol–water partition coefficient (Wildman–Crippen LogP) is 1.76. The van der Waals surface area contributed by atoms with Crippen molar-refractivity contribution in [1.29, 1.82) is 0 Å². The minimum Gasteiger partial charge on any atom is -0.507 e. The van der Waals surface area contributed by atoms with Crippen LogP contribution in [0.2, 0.25) is 0 Å². The quantitative estimate of drug-likeness (QED) is 0.935. The van der Waals surface area contributed by atoms with Crippen LogP contribution in [-0.2, 0) is 0 Å². The van der Waals surface area contributed by atoms with Crippen LogP contribution in [-0.4, -0.2) is 54.2 Å². The fraction of sp³-hybridized carbons (Fsp3) is 0.294. The van der Waals surface area contributed by atoms with Crippen molar-refractivity contribution in [2.24, 2.45) is 0 Å². The normalized spacial score (nSPS) is 14.7. The fourth-order valence-electron chi connectivity index (χ4n) is 2.74. The summed E-state index contributed by atoms with van der Waals surface area (Å²) in [6.45, 7) is 2.57. The first-order chi connectivity index (χ1) is 11.2. The number of ether oxygens (including phenoxy) is 1. The molecule has 0 spiro atoms. The third kappa shape index (κ3) is 3.06. The molecule has 0 atom stereocenters. The van der Waals surface area contributed by atoms with E-state index in [1.807, 2.05) is 18.2 Å². The zero-order valence-corrected chi connectivity index (χ0v) is 13.0. The maximum Gasteiger partial charge on any atom is 0.261 e. The largest absolute Gasteiger partial charge is 0.507 e. The first-order valence-electron chi connectivity index (χ1n) is 7.52. The van der Waals surface area contributed by atoms with E-state index in [2.05, 4.69) is 9.88 Å². The van der Waals surface area contributed by atoms with E-state index in [0.717, 1.165) is 5.82 Å². The van der Waals surface area contributed by atoms with E-state index >= 15 is 0 Å². The lowest BCUT2D eigenvalue weighted by molar-refractivity contribution is 0.0740. The van der Waals surface area contributed by atoms with Crippen molar-refractivity contribution in [3.05, 3.63) is 48.2 Å². The minimum atomic E-state index is -0.208. The summed E-state index contributed by atoms with van der Waals surface area (Å²) >= 11 is 0. The van der Waals surface area contributed by atoms with E-state index in [-0.39, 0.29) is 17.2 Å². The van der Waals surface area contributed by atoms with Gasteiger partial charge in [-0.3, -0.25) is 4.79 Å². The van der Waals surface area contributed by atoms with Crippen molar-refractivity contribution >= 4 is 11.7 Å². The topological polar surface area (TPSA) is 65.9 Å². The smallest absolute Gasteiger partial charge is 0.261 e. The molecule has 1 N–H and O–H groups in total. The van der Waals surface area contributed by atoms with Crippen molar-refractivity contribution in [3.63, 3.8) is 0 Å². The number of anilines is 1. The number of hydrogen-bond donors (Lipinski definition) is 1. The second kappa shape index (κ2) is 6.56. The molecular weight excluding hydrogens is 294 g/mol. The molecule has 1 aromatic carbocycles. The van der Waals surface area contributed by atoms with Crippen molar-refractivity contribution in [2.75, 3.05) is 38.2 Å². The molecule has 120 valence electrons. The van der Waals surface area contributed by atoms with Crippen molar-refractivity contribution in [3.8, 4) is 11.5 Å². The Labute approximate surface area is 134 Å². The second-order valence-corrected chi connectivity index (χ2v) is 5.32. The molecule has 23 heavy (non-hydrogen) atoms. The highest BCUT2D eigenvalue weighted by molar-refractivity contribution is 5.99. The van der Waals surface area contributed by atoms with Crippen molar-refractivity contribution in [1.82, 2.24) is 9.88 Å². The van der Waals surface area contributed by atoms with Gasteiger partial charge >= 0.3 is 0 Å². The molecule has 0 aliphatic carbocycles. The number of aromatic nitrogens is 1. The summed E-state index contributed by atoms with van der Waals surface area (Å²) in [5, 5.41) is 10.0. The van der Waals surface area contributed by atoms with E-state index in [1.165, 1.54) is 13.2 Å². The predicted molar refractivity (Wildman–Crippen MR) is 87.0 cm³/mol. The molecule has 6 nitrogen and oxygen atoms in total. The second-order valence-electron chi connectivity index (χ2n) is 5.32. The van der Waals surface area contributed by atoms with Crippen LogP contribution in [0.5, 0.6) is 11.5 Å². The Balaban J connectivity index is 1.72. The van der Waals surface area contributed by atoms with Gasteiger partial charge in [0.1, 0.15) is 22.9 Å². The molecule has 2 aromatic rings. The molecule has 1 aliphatic rings. The Hall–Kier alpha value is -2.76. The number of carbonyl (C=O) groups is 1. The van der Waals surface area contributed by atoms with Gasteiger partial charge in [-0.15, -0.1) is 0 Å². The average Bonchev–Trinajstić information content (AvgIpc) is 2.62. The molecule has 0 bridgehead atoms. The SMILES string of the molecule is COc1cccc(O)c1C(=O)N1CCN(c2ccccn2)CC1. The molecule has 1 fully saturated rings. The van der Waals surface area contributed by atoms with Gasteiger partial charge in [0.2, 0.25) is 0 Å². The highest BCUT2D eigenvalue weighted by Gasteiger charge is 2.26. The van der Waals surface area contributed by atoms with Gasteiger partial charge < -0.3 is 19.6 Å². The molecule has 0 unspecified atom stereocenters. The van der Waals surface area contributed by atoms with Gasteiger partial charge in [-0.2, -0.15) is 0 Å². The van der Waals surface area contributed by atoms with Gasteiger partial charge in [-0.1, -0.05) is 12.1 Å². The number of rotatable bonds is 3. The molecular formula is C17H19N3O3. The van der Waals surface area contributed by atoms with Crippen LogP contribution < -0.4 is 9.64 Å². The first-order valence-corrected chi connectivity index (χ1v) is 7.52. The standard InChI is InChI=1S/C17H19N3O3/c1-23-14-6-4-5-13(21)16(14)17(22)20-11-9-19(10-12-20)15-7-2-3-8-18-15/h2-8,21H,9-12H2,1H3. The molecule has 3 rings (SSSR count). The van der Waals surface area contributed by atoms with Crippen LogP contribution in [0.3, 0.4) is 0 Å². The molecule has 0 radical (unpaired) electrons. The Bertz CT molecular complexity index is 683. The number of carbonyl (C=O) groups excluding carboxylic acids is 1. The lowest BCUT2D eigenvalue weighted by Gasteiger charge is -2.35. The summed E-state index contributed by atoms with van der Waals surface area (Å²) in [5.41, 5.74) is 0.223. The van der Waals surface area contributed by atoms with E-state index < -0.39 is 0 Å². The molecule has 1 aliphatic heterocycles. The zero-order chi connectivity index (χ0) is 16.2. The molecule has 6 heteroatoms. The van der Waals surface area contributed by atoms with Gasteiger partial charge in [0.25, 0.3) is 5.91 Å². The van der Waals surface area contributed by atoms with Crippen LogP contribution in [0, 0.1) is 0 Å². The van der Waals surface area contributed by atoms with Crippen LogP contribution >= 0.6 is 0 Å².